The van der Waals surface area contributed by atoms with Crippen molar-refractivity contribution in [2.45, 2.75) is 52.0 Å². The van der Waals surface area contributed by atoms with Gasteiger partial charge in [0.25, 0.3) is 0 Å². The quantitative estimate of drug-likeness (QED) is 0.773. The van der Waals surface area contributed by atoms with Crippen molar-refractivity contribution in [3.63, 3.8) is 0 Å². The molecule has 0 bridgehead atoms. The predicted molar refractivity (Wildman–Crippen MR) is 78.5 cm³/mol. The smallest absolute Gasteiger partial charge is 0.0944 e. The number of nitrogens with zero attached hydrogens (tertiary/aromatic N) is 1. The zero-order valence-electron chi connectivity index (χ0n) is 12.2. The molecule has 0 aliphatic heterocycles. The van der Waals surface area contributed by atoms with Gasteiger partial charge in [0.15, 0.2) is 0 Å². The Kier molecular flexibility index (Phi) is 6.26. The van der Waals surface area contributed by atoms with Crippen LogP contribution in [0.3, 0.4) is 0 Å². The first-order valence-electron chi connectivity index (χ1n) is 6.67. The Balaban J connectivity index is 2.51. The van der Waals surface area contributed by atoms with Gasteiger partial charge in [0.1, 0.15) is 0 Å². The van der Waals surface area contributed by atoms with Gasteiger partial charge < -0.3 is 10.1 Å². The zero-order valence-corrected chi connectivity index (χ0v) is 13.1. The van der Waals surface area contributed by atoms with Crippen LogP contribution in [-0.4, -0.2) is 31.3 Å². The minimum absolute atomic E-state index is 0.148. The molecule has 1 unspecified atom stereocenters. The summed E-state index contributed by atoms with van der Waals surface area (Å²) in [4.78, 5) is 4.74. The van der Waals surface area contributed by atoms with Gasteiger partial charge in [-0.1, -0.05) is 20.8 Å². The van der Waals surface area contributed by atoms with E-state index in [0.29, 0.717) is 6.04 Å². The number of hydrogen-bond acceptors (Lipinski definition) is 4. The topological polar surface area (TPSA) is 34.1 Å². The van der Waals surface area contributed by atoms with E-state index >= 15 is 0 Å². The second kappa shape index (κ2) is 7.22. The summed E-state index contributed by atoms with van der Waals surface area (Å²) in [6.45, 7) is 10.3. The van der Waals surface area contributed by atoms with Gasteiger partial charge in [-0.05, 0) is 20.4 Å². The van der Waals surface area contributed by atoms with E-state index in [4.69, 9.17) is 9.72 Å². The van der Waals surface area contributed by atoms with Crippen molar-refractivity contribution in [3.05, 3.63) is 16.1 Å². The van der Waals surface area contributed by atoms with Crippen molar-refractivity contribution < 1.29 is 4.74 Å². The highest BCUT2D eigenvalue weighted by atomic mass is 32.1. The fourth-order valence-corrected chi connectivity index (χ4v) is 2.78. The van der Waals surface area contributed by atoms with Crippen molar-refractivity contribution in [2.75, 3.05) is 20.3 Å². The summed E-state index contributed by atoms with van der Waals surface area (Å²) in [5.41, 5.74) is 1.34. The van der Waals surface area contributed by atoms with Crippen LogP contribution in [0.2, 0.25) is 0 Å². The standard InChI is InChI=1S/C14H26N2OS/c1-6-17-8-7-11(15-5)9-13-16-12(10-18-13)14(2,3)4/h10-11,15H,6-9H2,1-5H3. The van der Waals surface area contributed by atoms with E-state index in [-0.39, 0.29) is 5.41 Å². The third kappa shape index (κ3) is 5.04. The van der Waals surface area contributed by atoms with Crippen molar-refractivity contribution in [1.29, 1.82) is 0 Å². The molecule has 4 heteroatoms. The van der Waals surface area contributed by atoms with Crippen LogP contribution in [0.4, 0.5) is 0 Å². The average Bonchev–Trinajstić information content (AvgIpc) is 2.76. The Morgan fingerprint density at radius 1 is 1.44 bits per heavy atom. The molecule has 0 fully saturated rings. The van der Waals surface area contributed by atoms with Crippen LogP contribution in [0, 0.1) is 0 Å². The first kappa shape index (κ1) is 15.6. The SMILES string of the molecule is CCOCCC(Cc1nc(C(C)(C)C)cs1)NC. The average molecular weight is 270 g/mol. The predicted octanol–water partition coefficient (Wildman–Crippen LogP) is 3.00. The minimum Gasteiger partial charge on any atom is -0.382 e. The second-order valence-corrected chi connectivity index (χ2v) is 6.49. The molecule has 0 aliphatic rings. The van der Waals surface area contributed by atoms with Gasteiger partial charge in [-0.15, -0.1) is 11.3 Å². The molecule has 1 aromatic heterocycles. The zero-order chi connectivity index (χ0) is 13.6. The van der Waals surface area contributed by atoms with E-state index in [9.17, 15) is 0 Å². The van der Waals surface area contributed by atoms with E-state index < -0.39 is 0 Å². The van der Waals surface area contributed by atoms with Crippen molar-refractivity contribution in [3.8, 4) is 0 Å². The Bertz CT molecular complexity index is 344. The molecule has 18 heavy (non-hydrogen) atoms. The van der Waals surface area contributed by atoms with Crippen molar-refractivity contribution in [2.24, 2.45) is 0 Å². The Morgan fingerprint density at radius 3 is 2.67 bits per heavy atom. The van der Waals surface area contributed by atoms with Crippen molar-refractivity contribution in [1.82, 2.24) is 10.3 Å². The van der Waals surface area contributed by atoms with Gasteiger partial charge in [0, 0.05) is 36.5 Å². The third-order valence-electron chi connectivity index (χ3n) is 2.96. The van der Waals surface area contributed by atoms with Crippen molar-refractivity contribution >= 4 is 11.3 Å². The number of likely N-dealkylation sites (N-methyl/N-ethyl adjacent to an activating group) is 1. The summed E-state index contributed by atoms with van der Waals surface area (Å²) >= 11 is 1.77. The maximum atomic E-state index is 5.41. The van der Waals surface area contributed by atoms with Crippen LogP contribution in [0.1, 0.15) is 44.8 Å². The van der Waals surface area contributed by atoms with E-state index in [1.807, 2.05) is 14.0 Å². The molecule has 0 spiro atoms. The first-order chi connectivity index (χ1) is 8.47. The fraction of sp³-hybridized carbons (Fsp3) is 0.786. The van der Waals surface area contributed by atoms with Crippen LogP contribution in [-0.2, 0) is 16.6 Å². The normalized spacial score (nSPS) is 13.8. The van der Waals surface area contributed by atoms with Crippen LogP contribution in [0.15, 0.2) is 5.38 Å². The number of ether oxygens (including phenoxy) is 1. The monoisotopic (exact) mass is 270 g/mol. The largest absolute Gasteiger partial charge is 0.382 e. The molecule has 0 radical (unpaired) electrons. The minimum atomic E-state index is 0.148. The second-order valence-electron chi connectivity index (χ2n) is 5.55. The number of aromatic nitrogens is 1. The van der Waals surface area contributed by atoms with Gasteiger partial charge in [0.05, 0.1) is 10.7 Å². The lowest BCUT2D eigenvalue weighted by atomic mass is 9.93. The lowest BCUT2D eigenvalue weighted by molar-refractivity contribution is 0.137. The van der Waals surface area contributed by atoms with Crippen LogP contribution in [0.25, 0.3) is 0 Å². The summed E-state index contributed by atoms with van der Waals surface area (Å²) in [5.74, 6) is 0. The molecule has 3 nitrogen and oxygen atoms in total. The number of thiazole rings is 1. The van der Waals surface area contributed by atoms with E-state index in [1.165, 1.54) is 10.7 Å². The first-order valence-corrected chi connectivity index (χ1v) is 7.55. The molecule has 1 heterocycles. The van der Waals surface area contributed by atoms with Crippen LogP contribution < -0.4 is 5.32 Å². The van der Waals surface area contributed by atoms with E-state index in [1.54, 1.807) is 11.3 Å². The molecule has 1 N–H and O–H groups in total. The molecular weight excluding hydrogens is 244 g/mol. The highest BCUT2D eigenvalue weighted by Gasteiger charge is 2.18. The summed E-state index contributed by atoms with van der Waals surface area (Å²) in [6.07, 6.45) is 2.03. The van der Waals surface area contributed by atoms with E-state index in [2.05, 4.69) is 31.5 Å². The molecule has 0 saturated carbocycles. The lowest BCUT2D eigenvalue weighted by Gasteiger charge is -2.16. The maximum absolute atomic E-state index is 5.41. The Labute approximate surface area is 115 Å². The molecular formula is C14H26N2OS. The van der Waals surface area contributed by atoms with E-state index in [0.717, 1.165) is 26.1 Å². The molecule has 0 aromatic carbocycles. The number of rotatable bonds is 7. The summed E-state index contributed by atoms with van der Waals surface area (Å²) in [5, 5.41) is 6.75. The van der Waals surface area contributed by atoms with Crippen LogP contribution >= 0.6 is 11.3 Å². The van der Waals surface area contributed by atoms with Gasteiger partial charge in [0.2, 0.25) is 0 Å². The van der Waals surface area contributed by atoms with Crippen LogP contribution in [0.5, 0.6) is 0 Å². The lowest BCUT2D eigenvalue weighted by Crippen LogP contribution is -2.29. The molecule has 104 valence electrons. The molecule has 0 amide bonds. The third-order valence-corrected chi connectivity index (χ3v) is 3.84. The van der Waals surface area contributed by atoms with Gasteiger partial charge in [-0.2, -0.15) is 0 Å². The molecule has 1 atom stereocenters. The number of nitrogens with one attached hydrogen (secondary N) is 1. The summed E-state index contributed by atoms with van der Waals surface area (Å²) < 4.78 is 5.41. The Hall–Kier alpha value is -0.450. The summed E-state index contributed by atoms with van der Waals surface area (Å²) in [6, 6.07) is 0.454. The summed E-state index contributed by atoms with van der Waals surface area (Å²) in [7, 11) is 2.01. The fourth-order valence-electron chi connectivity index (χ4n) is 1.68. The number of hydrogen-bond donors (Lipinski definition) is 1. The van der Waals surface area contributed by atoms with Gasteiger partial charge in [-0.25, -0.2) is 4.98 Å². The Morgan fingerprint density at radius 2 is 2.17 bits per heavy atom. The molecule has 1 aromatic rings. The molecule has 1 rings (SSSR count). The highest BCUT2D eigenvalue weighted by Crippen LogP contribution is 2.24. The van der Waals surface area contributed by atoms with Gasteiger partial charge >= 0.3 is 0 Å². The molecule has 0 aliphatic carbocycles. The molecule has 0 saturated heterocycles. The van der Waals surface area contributed by atoms with Gasteiger partial charge in [-0.3, -0.25) is 0 Å². The highest BCUT2D eigenvalue weighted by molar-refractivity contribution is 7.09. The maximum Gasteiger partial charge on any atom is 0.0944 e.